The van der Waals surface area contributed by atoms with Gasteiger partial charge in [-0.15, -0.1) is 0 Å². The first-order valence-electron chi connectivity index (χ1n) is 25.6. The summed E-state index contributed by atoms with van der Waals surface area (Å²) in [7, 11) is 0. The Morgan fingerprint density at radius 1 is 0.481 bits per heavy atom. The molecular weight excluding hydrogens is 1000 g/mol. The highest BCUT2D eigenvalue weighted by molar-refractivity contribution is 5.99. The molecule has 77 heavy (non-hydrogen) atoms. The minimum absolute atomic E-state index is 0.0759. The van der Waals surface area contributed by atoms with Crippen molar-refractivity contribution < 1.29 is 63.0 Å². The highest BCUT2D eigenvalue weighted by Gasteiger charge is 2.36. The summed E-state index contributed by atoms with van der Waals surface area (Å²) in [4.78, 5) is 146. The maximum atomic E-state index is 14.1. The van der Waals surface area contributed by atoms with Crippen LogP contribution in [-0.4, -0.2) is 143 Å². The van der Waals surface area contributed by atoms with Crippen molar-refractivity contribution in [2.24, 2.45) is 40.7 Å². The van der Waals surface area contributed by atoms with Crippen LogP contribution in [0, 0.1) is 17.8 Å². The summed E-state index contributed by atoms with van der Waals surface area (Å²) < 4.78 is 0. The molecule has 0 heterocycles. The van der Waals surface area contributed by atoms with E-state index in [4.69, 9.17) is 22.9 Å². The number of primary amides is 2. The van der Waals surface area contributed by atoms with Gasteiger partial charge in [0.2, 0.25) is 59.1 Å². The predicted molar refractivity (Wildman–Crippen MR) is 283 cm³/mol. The van der Waals surface area contributed by atoms with E-state index in [1.165, 1.54) is 0 Å². The molecule has 2 aromatic rings. The van der Waals surface area contributed by atoms with Crippen molar-refractivity contribution in [2.45, 2.75) is 154 Å². The number of aliphatic carboxylic acids is 1. The number of hydrogen-bond acceptors (Lipinski definition) is 14. The van der Waals surface area contributed by atoms with Gasteiger partial charge in [0.1, 0.15) is 48.3 Å². The van der Waals surface area contributed by atoms with Crippen LogP contribution in [0.25, 0.3) is 0 Å². The molecule has 9 atom stereocenters. The van der Waals surface area contributed by atoms with Crippen molar-refractivity contribution in [1.29, 1.82) is 0 Å². The molecule has 0 aliphatic heterocycles. The van der Waals surface area contributed by atoms with Crippen molar-refractivity contribution in [3.05, 3.63) is 71.8 Å². The van der Waals surface area contributed by atoms with Gasteiger partial charge in [-0.25, -0.2) is 4.79 Å². The first-order chi connectivity index (χ1) is 36.3. The summed E-state index contributed by atoms with van der Waals surface area (Å²) in [6.07, 6.45) is -0.636. The summed E-state index contributed by atoms with van der Waals surface area (Å²) in [6, 6.07) is 4.55. The molecule has 25 nitrogen and oxygen atoms in total. The van der Waals surface area contributed by atoms with E-state index >= 15 is 0 Å². The van der Waals surface area contributed by atoms with Crippen LogP contribution in [-0.2, 0) is 65.6 Å². The fraction of sp³-hybridized carbons (Fsp3) is 0.558. The van der Waals surface area contributed by atoms with Gasteiger partial charge in [0.15, 0.2) is 0 Å². The molecule has 10 amide bonds. The fourth-order valence-corrected chi connectivity index (χ4v) is 7.83. The number of benzene rings is 2. The molecule has 0 radical (unpaired) electrons. The van der Waals surface area contributed by atoms with Gasteiger partial charge in [0.25, 0.3) is 0 Å². The van der Waals surface area contributed by atoms with Crippen LogP contribution in [0.5, 0.6) is 0 Å². The number of carbonyl (C=O) groups excluding carboxylic acids is 10. The summed E-state index contributed by atoms with van der Waals surface area (Å²) in [5.74, 6) is -12.1. The lowest BCUT2D eigenvalue weighted by molar-refractivity contribution is -0.143. The van der Waals surface area contributed by atoms with Gasteiger partial charge in [0.05, 0.1) is 19.1 Å². The Morgan fingerprint density at radius 2 is 0.909 bits per heavy atom. The van der Waals surface area contributed by atoms with Crippen molar-refractivity contribution >= 4 is 65.0 Å². The maximum Gasteiger partial charge on any atom is 0.326 e. The molecule has 0 saturated heterocycles. The second kappa shape index (κ2) is 33.5. The average Bonchev–Trinajstić information content (AvgIpc) is 3.36. The number of aliphatic hydroxyl groups is 1. The Kier molecular flexibility index (Phi) is 28.5. The second-order valence-electron chi connectivity index (χ2n) is 19.9. The summed E-state index contributed by atoms with van der Waals surface area (Å²) in [6.45, 7) is 9.09. The number of rotatable bonds is 35. The molecule has 0 saturated carbocycles. The molecule has 426 valence electrons. The van der Waals surface area contributed by atoms with Gasteiger partial charge in [-0.2, -0.15) is 0 Å². The average molecular weight is 1080 g/mol. The highest BCUT2D eigenvalue weighted by Crippen LogP contribution is 2.13. The van der Waals surface area contributed by atoms with Crippen LogP contribution in [0.3, 0.4) is 0 Å². The Hall–Kier alpha value is -7.51. The lowest BCUT2D eigenvalue weighted by Gasteiger charge is -2.29. The number of nitrogens with two attached hydrogens (primary N) is 4. The standard InChI is InChI=1S/C52H80N12O13/c1-28(2)23-36(59-44(68)33(54)24-31-15-9-7-10-16-31)47(71)58-35(20-21-40(55)66)45(69)60-38(26-41(56)67)49(73)62-39(27-65)50(74)63-42(29(3)4)51(75)61-37(25-32-17-11-8-12-18-32)48(72)57-34(19-13-14-22-53)46(70)64-43(30(5)6)52(76)77/h7-12,15-18,28-30,33-39,42-43,65H,13-14,19-27,53-54H2,1-6H3,(H2,55,66)(H2,56,67)(H,57,72)(H,58,71)(H,59,68)(H,60,69)(H,61,75)(H,62,73)(H,63,74)(H,64,70)(H,76,77)/t33-,34-,35-,36-,37-,38-,39-,42-,43-/m0/s1. The number of aliphatic hydroxyl groups excluding tert-OH is 1. The van der Waals surface area contributed by atoms with E-state index < -0.39 is 157 Å². The van der Waals surface area contributed by atoms with E-state index in [2.05, 4.69) is 42.5 Å². The molecule has 2 aromatic carbocycles. The predicted octanol–water partition coefficient (Wildman–Crippen LogP) is -2.62. The van der Waals surface area contributed by atoms with E-state index in [0.717, 1.165) is 5.56 Å². The Balaban J connectivity index is 2.35. The van der Waals surface area contributed by atoms with E-state index in [1.54, 1.807) is 102 Å². The first kappa shape index (κ1) is 65.6. The highest BCUT2D eigenvalue weighted by atomic mass is 16.4. The molecule has 0 aliphatic carbocycles. The number of carboxylic acids is 1. The Labute approximate surface area is 448 Å². The molecule has 0 spiro atoms. The molecule has 2 rings (SSSR count). The Bertz CT molecular complexity index is 2300. The topological polar surface area (TPSA) is 429 Å². The van der Waals surface area contributed by atoms with Crippen LogP contribution < -0.4 is 65.5 Å². The van der Waals surface area contributed by atoms with Crippen molar-refractivity contribution in [1.82, 2.24) is 42.5 Å². The van der Waals surface area contributed by atoms with E-state index in [-0.39, 0.29) is 38.1 Å². The monoisotopic (exact) mass is 1080 g/mol. The number of nitrogens with one attached hydrogen (secondary N) is 8. The van der Waals surface area contributed by atoms with E-state index in [1.807, 2.05) is 0 Å². The molecule has 25 heteroatoms. The van der Waals surface area contributed by atoms with Crippen molar-refractivity contribution in [3.63, 3.8) is 0 Å². The molecule has 0 fully saturated rings. The normalized spacial score (nSPS) is 14.7. The van der Waals surface area contributed by atoms with Gasteiger partial charge in [0, 0.05) is 12.8 Å². The molecule has 0 unspecified atom stereocenters. The molecular formula is C52H80N12O13. The van der Waals surface area contributed by atoms with Crippen LogP contribution in [0.2, 0.25) is 0 Å². The van der Waals surface area contributed by atoms with Gasteiger partial charge < -0.3 is 75.7 Å². The first-order valence-corrected chi connectivity index (χ1v) is 25.6. The smallest absolute Gasteiger partial charge is 0.326 e. The van der Waals surface area contributed by atoms with E-state index in [9.17, 15) is 63.0 Å². The van der Waals surface area contributed by atoms with Gasteiger partial charge >= 0.3 is 5.97 Å². The SMILES string of the molecule is CC(C)C[C@H](NC(=O)[C@@H](N)Cc1ccccc1)C(=O)N[C@@H](CCC(N)=O)C(=O)N[C@@H](CC(N)=O)C(=O)N[C@@H](CO)C(=O)N[C@H](C(=O)N[C@@H](Cc1ccccc1)C(=O)N[C@@H](CCCCN)C(=O)N[C@H](C(=O)O)C(C)C)C(C)C. The van der Waals surface area contributed by atoms with Crippen LogP contribution in [0.1, 0.15) is 97.6 Å². The number of unbranched alkanes of at least 4 members (excludes halogenated alkanes) is 1. The molecule has 0 aliphatic rings. The number of amides is 10. The van der Waals surface area contributed by atoms with Gasteiger partial charge in [-0.3, -0.25) is 47.9 Å². The van der Waals surface area contributed by atoms with Crippen LogP contribution >= 0.6 is 0 Å². The zero-order valence-corrected chi connectivity index (χ0v) is 44.7. The third-order valence-electron chi connectivity index (χ3n) is 12.1. The van der Waals surface area contributed by atoms with Crippen molar-refractivity contribution in [3.8, 4) is 0 Å². The van der Waals surface area contributed by atoms with Gasteiger partial charge in [-0.1, -0.05) is 102 Å². The number of carboxylic acid groups (broad SMARTS) is 1. The quantitative estimate of drug-likeness (QED) is 0.0315. The third-order valence-corrected chi connectivity index (χ3v) is 12.1. The van der Waals surface area contributed by atoms with Crippen LogP contribution in [0.4, 0.5) is 0 Å². The molecule has 0 aromatic heterocycles. The fourth-order valence-electron chi connectivity index (χ4n) is 7.83. The second-order valence-corrected chi connectivity index (χ2v) is 19.9. The summed E-state index contributed by atoms with van der Waals surface area (Å²) in [5, 5.41) is 39.9. The molecule has 0 bridgehead atoms. The van der Waals surface area contributed by atoms with Crippen LogP contribution in [0.15, 0.2) is 60.7 Å². The Morgan fingerprint density at radius 3 is 1.40 bits per heavy atom. The minimum Gasteiger partial charge on any atom is -0.480 e. The maximum absolute atomic E-state index is 14.1. The molecule has 18 N–H and O–H groups in total. The minimum atomic E-state index is -1.85. The van der Waals surface area contributed by atoms with Crippen molar-refractivity contribution in [2.75, 3.05) is 13.2 Å². The lowest BCUT2D eigenvalue weighted by atomic mass is 9.99. The number of carbonyl (C=O) groups is 11. The largest absolute Gasteiger partial charge is 0.480 e. The third kappa shape index (κ3) is 23.9. The van der Waals surface area contributed by atoms with Gasteiger partial charge in [-0.05, 0) is 74.0 Å². The summed E-state index contributed by atoms with van der Waals surface area (Å²) in [5.41, 5.74) is 24.0. The zero-order valence-electron chi connectivity index (χ0n) is 44.7. The number of hydrogen-bond donors (Lipinski definition) is 14. The summed E-state index contributed by atoms with van der Waals surface area (Å²) >= 11 is 0. The lowest BCUT2D eigenvalue weighted by Crippen LogP contribution is -2.62. The van der Waals surface area contributed by atoms with E-state index in [0.29, 0.717) is 18.4 Å². The zero-order chi connectivity index (χ0) is 57.9.